The van der Waals surface area contributed by atoms with Gasteiger partial charge in [-0.3, -0.25) is 15.6 Å². The minimum atomic E-state index is -4.72. The summed E-state index contributed by atoms with van der Waals surface area (Å²) < 4.78 is 39.6. The Morgan fingerprint density at radius 3 is 2.53 bits per heavy atom. The van der Waals surface area contributed by atoms with Crippen LogP contribution < -0.4 is 10.2 Å². The second-order valence-electron chi connectivity index (χ2n) is 3.51. The lowest BCUT2D eigenvalue weighted by atomic mass is 10.3. The van der Waals surface area contributed by atoms with Gasteiger partial charge < -0.3 is 4.74 Å². The fourth-order valence-electron chi connectivity index (χ4n) is 1.35. The average Bonchev–Trinajstić information content (AvgIpc) is 2.83. The summed E-state index contributed by atoms with van der Waals surface area (Å²) in [4.78, 5) is 4.02. The van der Waals surface area contributed by atoms with Crippen LogP contribution in [0.15, 0.2) is 29.3 Å². The molecular formula is C10H10F3N3O2S. The summed E-state index contributed by atoms with van der Waals surface area (Å²) in [5, 5.41) is 10.8. The lowest BCUT2D eigenvalue weighted by Crippen LogP contribution is -2.30. The number of hydrazine groups is 1. The van der Waals surface area contributed by atoms with Gasteiger partial charge in [0.25, 0.3) is 0 Å². The van der Waals surface area contributed by atoms with Crippen LogP contribution >= 0.6 is 11.8 Å². The Labute approximate surface area is 111 Å². The summed E-state index contributed by atoms with van der Waals surface area (Å²) in [5.41, 5.74) is 2.98. The van der Waals surface area contributed by atoms with E-state index in [2.05, 4.69) is 15.2 Å². The van der Waals surface area contributed by atoms with Gasteiger partial charge in [0.15, 0.2) is 0 Å². The van der Waals surface area contributed by atoms with Crippen LogP contribution in [0.1, 0.15) is 0 Å². The zero-order valence-corrected chi connectivity index (χ0v) is 10.3. The predicted octanol–water partition coefficient (Wildman–Crippen LogP) is 2.71. The van der Waals surface area contributed by atoms with Crippen molar-refractivity contribution in [3.8, 4) is 5.75 Å². The van der Waals surface area contributed by atoms with Crippen molar-refractivity contribution in [2.75, 3.05) is 17.7 Å². The number of anilines is 1. The first kappa shape index (κ1) is 13.8. The first-order chi connectivity index (χ1) is 8.94. The Balaban J connectivity index is 1.95. The fourth-order valence-corrected chi connectivity index (χ4v) is 2.07. The largest absolute Gasteiger partial charge is 0.573 e. The summed E-state index contributed by atoms with van der Waals surface area (Å²) in [6.07, 6.45) is -4.72. The van der Waals surface area contributed by atoms with Crippen molar-refractivity contribution in [3.63, 3.8) is 0 Å². The topological polar surface area (TPSA) is 57.1 Å². The van der Waals surface area contributed by atoms with Gasteiger partial charge >= 0.3 is 6.36 Å². The van der Waals surface area contributed by atoms with E-state index in [1.165, 1.54) is 23.9 Å². The van der Waals surface area contributed by atoms with E-state index in [-0.39, 0.29) is 5.75 Å². The molecule has 0 spiro atoms. The highest BCUT2D eigenvalue weighted by molar-refractivity contribution is 8.14. The van der Waals surface area contributed by atoms with Crippen molar-refractivity contribution in [2.45, 2.75) is 6.36 Å². The van der Waals surface area contributed by atoms with E-state index in [0.717, 1.165) is 23.1 Å². The molecule has 0 radical (unpaired) electrons. The van der Waals surface area contributed by atoms with E-state index in [0.29, 0.717) is 17.4 Å². The third-order valence-corrected chi connectivity index (χ3v) is 3.02. The molecule has 1 aromatic rings. The van der Waals surface area contributed by atoms with Gasteiger partial charge in [-0.25, -0.2) is 0 Å². The number of hydroxylamine groups is 1. The molecule has 0 bridgehead atoms. The molecule has 1 aliphatic heterocycles. The van der Waals surface area contributed by atoms with Gasteiger partial charge in [0.05, 0.1) is 12.2 Å². The van der Waals surface area contributed by atoms with Crippen LogP contribution in [0.25, 0.3) is 0 Å². The van der Waals surface area contributed by atoms with E-state index in [9.17, 15) is 18.4 Å². The maximum Gasteiger partial charge on any atom is 0.573 e. The molecule has 1 aromatic carbocycles. The number of benzene rings is 1. The van der Waals surface area contributed by atoms with Crippen molar-refractivity contribution in [3.05, 3.63) is 24.3 Å². The number of amidine groups is 1. The van der Waals surface area contributed by atoms with Crippen molar-refractivity contribution in [1.82, 2.24) is 5.17 Å². The van der Waals surface area contributed by atoms with Crippen molar-refractivity contribution in [2.24, 2.45) is 4.99 Å². The number of halogens is 3. The maximum absolute atomic E-state index is 12.0. The molecule has 0 unspecified atom stereocenters. The van der Waals surface area contributed by atoms with Gasteiger partial charge in [-0.1, -0.05) is 11.8 Å². The Bertz CT molecular complexity index is 464. The summed E-state index contributed by atoms with van der Waals surface area (Å²) >= 11 is 1.37. The molecule has 0 aliphatic carbocycles. The summed E-state index contributed by atoms with van der Waals surface area (Å²) in [7, 11) is 0. The molecule has 2 N–H and O–H groups in total. The van der Waals surface area contributed by atoms with E-state index in [1.54, 1.807) is 0 Å². The fraction of sp³-hybridized carbons (Fsp3) is 0.300. The van der Waals surface area contributed by atoms with Gasteiger partial charge in [0.2, 0.25) is 5.17 Å². The van der Waals surface area contributed by atoms with E-state index in [1.807, 2.05) is 0 Å². The van der Waals surface area contributed by atoms with E-state index < -0.39 is 6.36 Å². The molecule has 19 heavy (non-hydrogen) atoms. The number of aliphatic imine (C=N–C) groups is 1. The molecule has 1 aliphatic rings. The Morgan fingerprint density at radius 2 is 2.00 bits per heavy atom. The van der Waals surface area contributed by atoms with Crippen LogP contribution in [-0.2, 0) is 0 Å². The molecule has 5 nitrogen and oxygen atoms in total. The molecule has 0 amide bonds. The number of hydrogen-bond acceptors (Lipinski definition) is 6. The minimum Gasteiger partial charge on any atom is -0.406 e. The van der Waals surface area contributed by atoms with Gasteiger partial charge in [-0.05, 0) is 24.3 Å². The van der Waals surface area contributed by atoms with Crippen LogP contribution in [0.5, 0.6) is 5.75 Å². The normalized spacial score (nSPS) is 15.1. The highest BCUT2D eigenvalue weighted by atomic mass is 32.2. The molecule has 0 aromatic heterocycles. The molecule has 0 saturated carbocycles. The zero-order chi connectivity index (χ0) is 13.9. The third-order valence-electron chi connectivity index (χ3n) is 2.07. The quantitative estimate of drug-likeness (QED) is 0.839. The van der Waals surface area contributed by atoms with Crippen molar-refractivity contribution < 1.29 is 23.1 Å². The number of hydrogen-bond donors (Lipinski definition) is 2. The first-order valence-corrected chi connectivity index (χ1v) is 6.21. The highest BCUT2D eigenvalue weighted by Gasteiger charge is 2.30. The molecule has 2 rings (SSSR count). The number of nitrogens with one attached hydrogen (secondary N) is 1. The van der Waals surface area contributed by atoms with Crippen molar-refractivity contribution in [1.29, 1.82) is 0 Å². The number of ether oxygens (including phenoxy) is 1. The first-order valence-electron chi connectivity index (χ1n) is 5.23. The summed E-state index contributed by atoms with van der Waals surface area (Å²) in [6.45, 7) is 0.622. The third kappa shape index (κ3) is 4.21. The van der Waals surface area contributed by atoms with Gasteiger partial charge in [-0.2, -0.15) is 0 Å². The smallest absolute Gasteiger partial charge is 0.406 e. The number of alkyl halides is 3. The Morgan fingerprint density at radius 1 is 1.32 bits per heavy atom. The monoisotopic (exact) mass is 293 g/mol. The van der Waals surface area contributed by atoms with Gasteiger partial charge in [0.1, 0.15) is 5.75 Å². The number of thioether (sulfide) groups is 1. The molecule has 1 heterocycles. The highest BCUT2D eigenvalue weighted by Crippen LogP contribution is 2.24. The standard InChI is InChI=1S/C10H10F3N3O2S/c11-10(12,13)18-8-3-1-7(2-4-8)15-16(17)9-14-5-6-19-9/h1-4,15,17H,5-6H2. The number of nitrogens with zero attached hydrogens (tertiary/aromatic N) is 2. The molecule has 0 saturated heterocycles. The lowest BCUT2D eigenvalue weighted by molar-refractivity contribution is -0.274. The Kier molecular flexibility index (Phi) is 4.05. The zero-order valence-electron chi connectivity index (χ0n) is 9.52. The van der Waals surface area contributed by atoms with Crippen LogP contribution in [0.4, 0.5) is 18.9 Å². The van der Waals surface area contributed by atoms with E-state index >= 15 is 0 Å². The van der Waals surface area contributed by atoms with Crippen LogP contribution in [0.2, 0.25) is 0 Å². The van der Waals surface area contributed by atoms with E-state index in [4.69, 9.17) is 0 Å². The number of rotatable bonds is 3. The SMILES string of the molecule is ON(Nc1ccc(OC(F)(F)F)cc1)C1=NCCS1. The second kappa shape index (κ2) is 5.57. The molecular weight excluding hydrogens is 283 g/mol. The second-order valence-corrected chi connectivity index (χ2v) is 4.57. The molecule has 0 atom stereocenters. The molecule has 104 valence electrons. The van der Waals surface area contributed by atoms with Crippen LogP contribution in [-0.4, -0.2) is 34.2 Å². The van der Waals surface area contributed by atoms with Gasteiger partial charge in [-0.15, -0.1) is 18.3 Å². The van der Waals surface area contributed by atoms with Crippen LogP contribution in [0.3, 0.4) is 0 Å². The van der Waals surface area contributed by atoms with Crippen molar-refractivity contribution >= 4 is 22.6 Å². The summed E-state index contributed by atoms with van der Waals surface area (Å²) in [5.74, 6) is 0.460. The Hall–Kier alpha value is -1.61. The van der Waals surface area contributed by atoms with Crippen LogP contribution in [0, 0.1) is 0 Å². The molecule has 0 fully saturated rings. The maximum atomic E-state index is 12.0. The lowest BCUT2D eigenvalue weighted by Gasteiger charge is -2.18. The summed E-state index contributed by atoms with van der Waals surface area (Å²) in [6, 6.07) is 5.00. The van der Waals surface area contributed by atoms with Gasteiger partial charge in [0, 0.05) is 5.75 Å². The predicted molar refractivity (Wildman–Crippen MR) is 65.1 cm³/mol. The minimum absolute atomic E-state index is 0.324. The molecule has 9 heteroatoms. The average molecular weight is 293 g/mol.